The summed E-state index contributed by atoms with van der Waals surface area (Å²) in [6, 6.07) is 9.29. The van der Waals surface area contributed by atoms with Gasteiger partial charge in [0.25, 0.3) is 11.8 Å². The van der Waals surface area contributed by atoms with E-state index in [9.17, 15) is 19.6 Å². The Labute approximate surface area is 215 Å². The number of esters is 1. The number of nitriles is 1. The zero-order chi connectivity index (χ0) is 25.9. The zero-order valence-corrected chi connectivity index (χ0v) is 21.5. The number of nitrogens with zero attached hydrogens (tertiary/aromatic N) is 4. The van der Waals surface area contributed by atoms with Crippen molar-refractivity contribution in [1.82, 2.24) is 15.1 Å². The van der Waals surface area contributed by atoms with Gasteiger partial charge in [0.15, 0.2) is 0 Å². The molecule has 3 rings (SSSR count). The van der Waals surface area contributed by atoms with E-state index in [4.69, 9.17) is 4.74 Å². The normalized spacial score (nSPS) is 13.3. The second-order valence-corrected chi connectivity index (χ2v) is 9.29. The van der Waals surface area contributed by atoms with E-state index in [1.165, 1.54) is 11.3 Å². The minimum atomic E-state index is -0.405. The second-order valence-electron chi connectivity index (χ2n) is 8.41. The van der Waals surface area contributed by atoms with Crippen LogP contribution in [0.25, 0.3) is 0 Å². The third-order valence-corrected chi connectivity index (χ3v) is 6.71. The fraction of sp³-hybridized carbons (Fsp3) is 0.423. The maximum Gasteiger partial charge on any atom is 0.307 e. The van der Waals surface area contributed by atoms with E-state index in [0.717, 1.165) is 42.8 Å². The average Bonchev–Trinajstić information content (AvgIpc) is 3.32. The Morgan fingerprint density at radius 1 is 1.25 bits per heavy atom. The molecular formula is C26H31N5O4S. The predicted octanol–water partition coefficient (Wildman–Crippen LogP) is 3.72. The number of rotatable bonds is 10. The molecule has 9 nitrogen and oxygen atoms in total. The molecule has 0 aliphatic carbocycles. The topological polar surface area (TPSA) is 115 Å². The first-order valence-electron chi connectivity index (χ1n) is 12.0. The molecule has 1 aliphatic rings. The minimum absolute atomic E-state index is 0.0585. The molecule has 1 aromatic carbocycles. The molecule has 0 atom stereocenters. The second kappa shape index (κ2) is 13.4. The first kappa shape index (κ1) is 26.9. The van der Waals surface area contributed by atoms with Crippen molar-refractivity contribution in [3.05, 3.63) is 51.2 Å². The van der Waals surface area contributed by atoms with E-state index in [1.807, 2.05) is 12.1 Å². The van der Waals surface area contributed by atoms with Crippen LogP contribution in [-0.4, -0.2) is 67.2 Å². The van der Waals surface area contributed by atoms with E-state index in [-0.39, 0.29) is 43.6 Å². The fourth-order valence-corrected chi connectivity index (χ4v) is 4.83. The number of hydrogen-bond donors (Lipinski definition) is 1. The number of thiophene rings is 1. The van der Waals surface area contributed by atoms with E-state index in [0.29, 0.717) is 16.1 Å². The highest BCUT2D eigenvalue weighted by atomic mass is 32.1. The molecule has 1 saturated heterocycles. The van der Waals surface area contributed by atoms with Gasteiger partial charge in [-0.1, -0.05) is 18.2 Å². The first-order valence-corrected chi connectivity index (χ1v) is 12.9. The Morgan fingerprint density at radius 2 is 2.00 bits per heavy atom. The molecule has 0 unspecified atom stereocenters. The van der Waals surface area contributed by atoms with Gasteiger partial charge in [-0.3, -0.25) is 14.4 Å². The third-order valence-electron chi connectivity index (χ3n) is 5.76. The highest BCUT2D eigenvalue weighted by molar-refractivity contribution is 7.13. The number of hydrogen-bond acceptors (Lipinski definition) is 7. The molecule has 10 heteroatoms. The molecule has 2 aromatic rings. The molecule has 36 heavy (non-hydrogen) atoms. The SMILES string of the molecule is CCOC(=O)CCNC(=O)c1csc(C(=O)N(C)Cc2ccccc2C#N)c1N=CN1CCCCC1. The number of amides is 2. The van der Waals surface area contributed by atoms with Crippen molar-refractivity contribution in [2.24, 2.45) is 4.99 Å². The van der Waals surface area contributed by atoms with Crippen molar-refractivity contribution in [3.8, 4) is 6.07 Å². The number of nitrogens with one attached hydrogen (secondary N) is 1. The standard InChI is InChI=1S/C26H31N5O4S/c1-3-35-22(32)11-12-28-25(33)21-17-36-24(23(21)29-18-31-13-7-4-8-14-31)26(34)30(2)16-20-10-6-5-9-19(20)15-27/h5-6,9-10,17-18H,3-4,7-8,11-14,16H2,1-2H3,(H,28,33). The van der Waals surface area contributed by atoms with E-state index < -0.39 is 5.91 Å². The molecule has 190 valence electrons. The summed E-state index contributed by atoms with van der Waals surface area (Å²) >= 11 is 1.15. The molecule has 0 spiro atoms. The van der Waals surface area contributed by atoms with Gasteiger partial charge in [-0.2, -0.15) is 5.26 Å². The summed E-state index contributed by atoms with van der Waals surface area (Å²) in [6.07, 6.45) is 5.09. The van der Waals surface area contributed by atoms with Crippen molar-refractivity contribution in [1.29, 1.82) is 5.26 Å². The Hall–Kier alpha value is -3.71. The average molecular weight is 510 g/mol. The maximum atomic E-state index is 13.4. The van der Waals surface area contributed by atoms with Crippen molar-refractivity contribution in [2.45, 2.75) is 39.2 Å². The molecule has 1 aliphatic heterocycles. The van der Waals surface area contributed by atoms with Gasteiger partial charge in [0.05, 0.1) is 36.6 Å². The number of aliphatic imine (C=N–C) groups is 1. The number of piperidine rings is 1. The fourth-order valence-electron chi connectivity index (χ4n) is 3.84. The quantitative estimate of drug-likeness (QED) is 0.297. The summed E-state index contributed by atoms with van der Waals surface area (Å²) < 4.78 is 4.90. The van der Waals surface area contributed by atoms with E-state index in [2.05, 4.69) is 21.3 Å². The Kier molecular flexibility index (Phi) is 10.0. The van der Waals surface area contributed by atoms with E-state index in [1.54, 1.807) is 37.8 Å². The molecule has 1 aromatic heterocycles. The Morgan fingerprint density at radius 3 is 2.72 bits per heavy atom. The van der Waals surface area contributed by atoms with Crippen molar-refractivity contribution < 1.29 is 19.1 Å². The number of ether oxygens (including phenoxy) is 1. The third kappa shape index (κ3) is 7.15. The number of carbonyl (C=O) groups is 3. The molecule has 2 heterocycles. The van der Waals surface area contributed by atoms with Crippen LogP contribution >= 0.6 is 11.3 Å². The van der Waals surface area contributed by atoms with E-state index >= 15 is 0 Å². The monoisotopic (exact) mass is 509 g/mol. The van der Waals surface area contributed by atoms with Gasteiger partial charge in [0, 0.05) is 38.6 Å². The van der Waals surface area contributed by atoms with Crippen LogP contribution in [0.2, 0.25) is 0 Å². The Bertz CT molecular complexity index is 1150. The molecule has 0 radical (unpaired) electrons. The molecule has 1 N–H and O–H groups in total. The maximum absolute atomic E-state index is 13.4. The van der Waals surface area contributed by atoms with Gasteiger partial charge in [0.2, 0.25) is 0 Å². The van der Waals surface area contributed by atoms with Crippen molar-refractivity contribution in [2.75, 3.05) is 33.3 Å². The predicted molar refractivity (Wildman–Crippen MR) is 138 cm³/mol. The summed E-state index contributed by atoms with van der Waals surface area (Å²) in [7, 11) is 1.66. The smallest absolute Gasteiger partial charge is 0.307 e. The lowest BCUT2D eigenvalue weighted by atomic mass is 10.1. The van der Waals surface area contributed by atoms with Crippen molar-refractivity contribution >= 4 is 41.1 Å². The van der Waals surface area contributed by atoms with Crippen LogP contribution in [0.3, 0.4) is 0 Å². The van der Waals surface area contributed by atoms with Crippen LogP contribution in [0.1, 0.15) is 63.8 Å². The van der Waals surface area contributed by atoms with Crippen LogP contribution in [0.4, 0.5) is 5.69 Å². The van der Waals surface area contributed by atoms with Gasteiger partial charge in [0.1, 0.15) is 10.6 Å². The minimum Gasteiger partial charge on any atom is -0.466 e. The highest BCUT2D eigenvalue weighted by Gasteiger charge is 2.25. The molecule has 2 amide bonds. The van der Waals surface area contributed by atoms with Gasteiger partial charge < -0.3 is 19.9 Å². The van der Waals surface area contributed by atoms with Gasteiger partial charge in [-0.25, -0.2) is 4.99 Å². The summed E-state index contributed by atoms with van der Waals surface area (Å²) in [5.41, 5.74) is 1.84. The van der Waals surface area contributed by atoms with Crippen LogP contribution < -0.4 is 5.32 Å². The molecule has 0 saturated carbocycles. The summed E-state index contributed by atoms with van der Waals surface area (Å²) in [5.74, 6) is -1.08. The lowest BCUT2D eigenvalue weighted by molar-refractivity contribution is -0.142. The lowest BCUT2D eigenvalue weighted by Crippen LogP contribution is -2.29. The summed E-state index contributed by atoms with van der Waals surface area (Å²) in [6.45, 7) is 4.13. The summed E-state index contributed by atoms with van der Waals surface area (Å²) in [5, 5.41) is 13.7. The summed E-state index contributed by atoms with van der Waals surface area (Å²) in [4.78, 5) is 46.5. The number of benzene rings is 1. The van der Waals surface area contributed by atoms with Crippen LogP contribution in [0.15, 0.2) is 34.6 Å². The van der Waals surface area contributed by atoms with Gasteiger partial charge >= 0.3 is 5.97 Å². The van der Waals surface area contributed by atoms with Gasteiger partial charge in [-0.15, -0.1) is 11.3 Å². The van der Waals surface area contributed by atoms with Crippen LogP contribution in [0, 0.1) is 11.3 Å². The molecular weight excluding hydrogens is 478 g/mol. The zero-order valence-electron chi connectivity index (χ0n) is 20.7. The first-order chi connectivity index (χ1) is 17.4. The molecule has 0 bridgehead atoms. The van der Waals surface area contributed by atoms with Crippen LogP contribution in [0.5, 0.6) is 0 Å². The lowest BCUT2D eigenvalue weighted by Gasteiger charge is -2.24. The van der Waals surface area contributed by atoms with Gasteiger partial charge in [-0.05, 0) is 37.8 Å². The number of likely N-dealkylation sites (tertiary alicyclic amines) is 1. The highest BCUT2D eigenvalue weighted by Crippen LogP contribution is 2.32. The largest absolute Gasteiger partial charge is 0.466 e. The van der Waals surface area contributed by atoms with Crippen LogP contribution in [-0.2, 0) is 16.1 Å². The Balaban J connectivity index is 1.81. The number of carbonyl (C=O) groups excluding carboxylic acids is 3. The molecule has 1 fully saturated rings. The van der Waals surface area contributed by atoms with Crippen molar-refractivity contribution in [3.63, 3.8) is 0 Å².